The predicted octanol–water partition coefficient (Wildman–Crippen LogP) is 3.35. The van der Waals surface area contributed by atoms with Crippen LogP contribution in [0.25, 0.3) is 10.9 Å². The summed E-state index contributed by atoms with van der Waals surface area (Å²) in [5, 5.41) is 20.4. The van der Waals surface area contributed by atoms with Gasteiger partial charge in [-0.05, 0) is 61.8 Å². The molecule has 1 amide bonds. The van der Waals surface area contributed by atoms with Crippen LogP contribution in [0.4, 0.5) is 11.8 Å². The van der Waals surface area contributed by atoms with E-state index in [9.17, 15) is 10.1 Å². The molecule has 3 aromatic rings. The largest absolute Gasteiger partial charge is 0.377 e. The number of anilines is 2. The molecule has 0 spiro atoms. The number of aryl methyl sites for hydroxylation is 1. The quantitative estimate of drug-likeness (QED) is 0.444. The van der Waals surface area contributed by atoms with Gasteiger partial charge in [0.25, 0.3) is 0 Å². The minimum atomic E-state index is -0.0301. The number of carbonyl (C=O) groups is 1. The molecule has 36 heavy (non-hydrogen) atoms. The van der Waals surface area contributed by atoms with Gasteiger partial charge in [-0.3, -0.25) is 4.79 Å². The van der Waals surface area contributed by atoms with E-state index in [1.54, 1.807) is 12.4 Å². The maximum absolute atomic E-state index is 12.0. The van der Waals surface area contributed by atoms with Gasteiger partial charge in [-0.15, -0.1) is 0 Å². The molecule has 2 aromatic heterocycles. The van der Waals surface area contributed by atoms with Crippen LogP contribution in [0.1, 0.15) is 42.4 Å². The Balaban J connectivity index is 1.07. The fourth-order valence-corrected chi connectivity index (χ4v) is 4.79. The molecular weight excluding hydrogens is 454 g/mol. The van der Waals surface area contributed by atoms with Gasteiger partial charge < -0.3 is 20.7 Å². The van der Waals surface area contributed by atoms with Crippen molar-refractivity contribution in [2.24, 2.45) is 5.92 Å². The van der Waals surface area contributed by atoms with Gasteiger partial charge in [0.05, 0.1) is 36.8 Å². The van der Waals surface area contributed by atoms with Crippen molar-refractivity contribution in [1.29, 1.82) is 5.26 Å². The number of carbonyl (C=O) groups excluding carboxylic acids is 1. The zero-order chi connectivity index (χ0) is 24.9. The van der Waals surface area contributed by atoms with Crippen molar-refractivity contribution in [1.82, 2.24) is 20.3 Å². The van der Waals surface area contributed by atoms with E-state index < -0.39 is 0 Å². The van der Waals surface area contributed by atoms with Crippen LogP contribution in [0.2, 0.25) is 0 Å². The SMILES string of the molecule is Cc1ccc2ccc(NC3CCC(CNc4ncc(CC(=O)NC5COC5)cn4)CC3)nc2c1C#N. The lowest BCUT2D eigenvalue weighted by molar-refractivity contribution is -0.124. The number of fused-ring (bicyclic) bond motifs is 1. The highest BCUT2D eigenvalue weighted by Gasteiger charge is 2.22. The summed E-state index contributed by atoms with van der Waals surface area (Å²) in [7, 11) is 0. The number of hydrogen-bond donors (Lipinski definition) is 3. The Morgan fingerprint density at radius 1 is 1.08 bits per heavy atom. The predicted molar refractivity (Wildman–Crippen MR) is 138 cm³/mol. The molecule has 1 saturated carbocycles. The Hall–Kier alpha value is -3.77. The van der Waals surface area contributed by atoms with Crippen LogP contribution in [-0.2, 0) is 16.0 Å². The number of pyridine rings is 1. The second-order valence-electron chi connectivity index (χ2n) is 9.77. The summed E-state index contributed by atoms with van der Waals surface area (Å²) < 4.78 is 5.07. The van der Waals surface area contributed by atoms with Gasteiger partial charge in [0.2, 0.25) is 11.9 Å². The molecule has 2 aliphatic rings. The summed E-state index contributed by atoms with van der Waals surface area (Å²) in [5.41, 5.74) is 3.16. The highest BCUT2D eigenvalue weighted by molar-refractivity contribution is 5.86. The lowest BCUT2D eigenvalue weighted by atomic mass is 9.86. The summed E-state index contributed by atoms with van der Waals surface area (Å²) >= 11 is 0. The molecule has 0 bridgehead atoms. The van der Waals surface area contributed by atoms with Gasteiger partial charge in [-0.2, -0.15) is 5.26 Å². The van der Waals surface area contributed by atoms with Gasteiger partial charge in [0, 0.05) is 30.4 Å². The molecule has 1 aromatic carbocycles. The molecule has 0 radical (unpaired) electrons. The number of nitrogens with one attached hydrogen (secondary N) is 3. The van der Waals surface area contributed by atoms with Gasteiger partial charge in [-0.1, -0.05) is 12.1 Å². The highest BCUT2D eigenvalue weighted by atomic mass is 16.5. The normalized spacial score (nSPS) is 19.8. The Bertz CT molecular complexity index is 1260. The molecule has 2 fully saturated rings. The molecule has 5 rings (SSSR count). The van der Waals surface area contributed by atoms with Crippen LogP contribution >= 0.6 is 0 Å². The third kappa shape index (κ3) is 5.71. The summed E-state index contributed by atoms with van der Waals surface area (Å²) in [6, 6.07) is 10.8. The van der Waals surface area contributed by atoms with Gasteiger partial charge in [0.15, 0.2) is 0 Å². The first-order chi connectivity index (χ1) is 17.6. The Kier molecular flexibility index (Phi) is 7.23. The lowest BCUT2D eigenvalue weighted by Gasteiger charge is -2.29. The zero-order valence-corrected chi connectivity index (χ0v) is 20.5. The second kappa shape index (κ2) is 10.9. The Morgan fingerprint density at radius 3 is 2.53 bits per heavy atom. The Labute approximate surface area is 210 Å². The number of aromatic nitrogens is 3. The smallest absolute Gasteiger partial charge is 0.224 e. The van der Waals surface area contributed by atoms with Crippen LogP contribution in [0.5, 0.6) is 0 Å². The molecule has 0 atom stereocenters. The summed E-state index contributed by atoms with van der Waals surface area (Å²) in [4.78, 5) is 25.5. The summed E-state index contributed by atoms with van der Waals surface area (Å²) in [6.07, 6.45) is 8.02. The van der Waals surface area contributed by atoms with E-state index in [-0.39, 0.29) is 18.4 Å². The molecule has 3 heterocycles. The van der Waals surface area contributed by atoms with E-state index in [2.05, 4.69) is 32.0 Å². The first kappa shape index (κ1) is 23.9. The molecule has 1 aliphatic carbocycles. The molecule has 9 heteroatoms. The number of nitriles is 1. The number of hydrogen-bond acceptors (Lipinski definition) is 8. The number of nitrogens with zero attached hydrogens (tertiary/aromatic N) is 4. The first-order valence-corrected chi connectivity index (χ1v) is 12.6. The van der Waals surface area contributed by atoms with Crippen LogP contribution < -0.4 is 16.0 Å². The summed E-state index contributed by atoms with van der Waals surface area (Å²) in [5.74, 6) is 1.95. The average molecular weight is 486 g/mol. The molecule has 0 unspecified atom stereocenters. The topological polar surface area (TPSA) is 125 Å². The third-order valence-electron chi connectivity index (χ3n) is 7.00. The Morgan fingerprint density at radius 2 is 1.83 bits per heavy atom. The van der Waals surface area contributed by atoms with Crippen molar-refractivity contribution in [2.45, 2.75) is 51.1 Å². The zero-order valence-electron chi connectivity index (χ0n) is 20.5. The van der Waals surface area contributed by atoms with Gasteiger partial charge in [0.1, 0.15) is 11.9 Å². The van der Waals surface area contributed by atoms with E-state index in [0.717, 1.165) is 60.1 Å². The first-order valence-electron chi connectivity index (χ1n) is 12.6. The number of benzene rings is 1. The van der Waals surface area contributed by atoms with Crippen LogP contribution in [0, 0.1) is 24.2 Å². The van der Waals surface area contributed by atoms with Crippen LogP contribution in [0.3, 0.4) is 0 Å². The molecule has 1 saturated heterocycles. The maximum Gasteiger partial charge on any atom is 0.224 e. The van der Waals surface area contributed by atoms with Crippen molar-refractivity contribution >= 4 is 28.6 Å². The van der Waals surface area contributed by atoms with Crippen molar-refractivity contribution < 1.29 is 9.53 Å². The number of ether oxygens (including phenoxy) is 1. The van der Waals surface area contributed by atoms with Crippen molar-refractivity contribution in [3.8, 4) is 6.07 Å². The van der Waals surface area contributed by atoms with Crippen LogP contribution in [-0.4, -0.2) is 52.7 Å². The fraction of sp³-hybridized carbons (Fsp3) is 0.444. The molecule has 1 aliphatic heterocycles. The van der Waals surface area contributed by atoms with Gasteiger partial charge >= 0.3 is 0 Å². The standard InChI is InChI=1S/C27H31N7O2/c1-17-2-5-20-6-9-24(34-26(20)23(17)11-28)32-21-7-3-18(4-8-21)12-29-27-30-13-19(14-31-27)10-25(35)33-22-15-36-16-22/h2,5-6,9,13-14,18,21-22H,3-4,7-8,10,12,15-16H2,1H3,(H,32,34)(H,33,35)(H,29,30,31). The number of amides is 1. The van der Waals surface area contributed by atoms with Crippen molar-refractivity contribution in [3.63, 3.8) is 0 Å². The maximum atomic E-state index is 12.0. The van der Waals surface area contributed by atoms with E-state index in [1.807, 2.05) is 31.2 Å². The van der Waals surface area contributed by atoms with E-state index in [4.69, 9.17) is 9.72 Å². The second-order valence-corrected chi connectivity index (χ2v) is 9.77. The van der Waals surface area contributed by atoms with Crippen LogP contribution in [0.15, 0.2) is 36.7 Å². The lowest BCUT2D eigenvalue weighted by Crippen LogP contribution is -2.49. The molecular formula is C27H31N7O2. The van der Waals surface area contributed by atoms with E-state index >= 15 is 0 Å². The minimum Gasteiger partial charge on any atom is -0.377 e. The molecule has 3 N–H and O–H groups in total. The average Bonchev–Trinajstić information content (AvgIpc) is 2.87. The van der Waals surface area contributed by atoms with E-state index in [1.165, 1.54) is 0 Å². The molecule has 186 valence electrons. The van der Waals surface area contributed by atoms with Crippen molar-refractivity contribution in [2.75, 3.05) is 30.4 Å². The fourth-order valence-electron chi connectivity index (χ4n) is 4.79. The summed E-state index contributed by atoms with van der Waals surface area (Å²) in [6.45, 7) is 3.95. The highest BCUT2D eigenvalue weighted by Crippen LogP contribution is 2.28. The monoisotopic (exact) mass is 485 g/mol. The minimum absolute atomic E-state index is 0.0301. The van der Waals surface area contributed by atoms with E-state index in [0.29, 0.717) is 36.7 Å². The number of rotatable bonds is 8. The van der Waals surface area contributed by atoms with Gasteiger partial charge in [-0.25, -0.2) is 15.0 Å². The third-order valence-corrected chi connectivity index (χ3v) is 7.00. The molecule has 9 nitrogen and oxygen atoms in total. The van der Waals surface area contributed by atoms with Crippen molar-refractivity contribution in [3.05, 3.63) is 53.3 Å².